The smallest absolute Gasteiger partial charge is 0.276 e. The van der Waals surface area contributed by atoms with E-state index in [-0.39, 0.29) is 19.0 Å². The van der Waals surface area contributed by atoms with Gasteiger partial charge in [0.1, 0.15) is 0 Å². The highest BCUT2D eigenvalue weighted by Gasteiger charge is 2.37. The normalized spacial score (nSPS) is 30.6. The third-order valence-corrected chi connectivity index (χ3v) is 3.32. The number of hydrogen-bond donors (Lipinski definition) is 2. The van der Waals surface area contributed by atoms with Crippen molar-refractivity contribution in [3.05, 3.63) is 0 Å². The van der Waals surface area contributed by atoms with Crippen LogP contribution in [-0.2, 0) is 15.0 Å². The minimum absolute atomic E-state index is 0.0594. The fraction of sp³-hybridized carbons (Fsp3) is 0.833. The number of nitrogens with zero attached hydrogens (tertiary/aromatic N) is 1. The van der Waals surface area contributed by atoms with Gasteiger partial charge in [-0.15, -0.1) is 0 Å². The molecular formula is C6H13N3O3S. The molecule has 2 atom stereocenters. The van der Waals surface area contributed by atoms with Gasteiger partial charge >= 0.3 is 0 Å². The fourth-order valence-corrected chi connectivity index (χ4v) is 2.31. The molecule has 0 bridgehead atoms. The minimum atomic E-state index is -3.68. The van der Waals surface area contributed by atoms with Crippen LogP contribution in [0.1, 0.15) is 6.92 Å². The molecule has 1 amide bonds. The van der Waals surface area contributed by atoms with Crippen LogP contribution < -0.4 is 10.9 Å². The van der Waals surface area contributed by atoms with Crippen LogP contribution in [0.5, 0.6) is 0 Å². The molecule has 0 saturated carbocycles. The molecule has 76 valence electrons. The van der Waals surface area contributed by atoms with Crippen molar-refractivity contribution < 1.29 is 13.2 Å². The van der Waals surface area contributed by atoms with Crippen molar-refractivity contribution in [2.24, 2.45) is 22.7 Å². The van der Waals surface area contributed by atoms with Crippen molar-refractivity contribution in [3.63, 3.8) is 0 Å². The van der Waals surface area contributed by atoms with Crippen molar-refractivity contribution in [1.82, 2.24) is 4.31 Å². The third-order valence-electron chi connectivity index (χ3n) is 2.30. The van der Waals surface area contributed by atoms with E-state index in [2.05, 4.69) is 0 Å². The van der Waals surface area contributed by atoms with Gasteiger partial charge in [0.25, 0.3) is 10.2 Å². The van der Waals surface area contributed by atoms with Crippen molar-refractivity contribution in [3.8, 4) is 0 Å². The van der Waals surface area contributed by atoms with Crippen LogP contribution in [0.3, 0.4) is 0 Å². The topological polar surface area (TPSA) is 106 Å². The number of hydrogen-bond acceptors (Lipinski definition) is 3. The summed E-state index contributed by atoms with van der Waals surface area (Å²) >= 11 is 0. The van der Waals surface area contributed by atoms with E-state index >= 15 is 0 Å². The summed E-state index contributed by atoms with van der Waals surface area (Å²) in [5.74, 6) is -0.951. The van der Waals surface area contributed by atoms with Crippen molar-refractivity contribution in [2.45, 2.75) is 6.92 Å². The van der Waals surface area contributed by atoms with Crippen LogP contribution in [-0.4, -0.2) is 31.7 Å². The van der Waals surface area contributed by atoms with E-state index in [1.54, 1.807) is 6.92 Å². The SMILES string of the molecule is C[C@@H]1CN(S(N)(=O)=O)C[C@H]1C(N)=O. The largest absolute Gasteiger partial charge is 0.369 e. The lowest BCUT2D eigenvalue weighted by Crippen LogP contribution is -2.36. The summed E-state index contributed by atoms with van der Waals surface area (Å²) in [4.78, 5) is 10.8. The average molecular weight is 207 g/mol. The number of amides is 1. The summed E-state index contributed by atoms with van der Waals surface area (Å²) in [7, 11) is -3.68. The Morgan fingerprint density at radius 2 is 2.00 bits per heavy atom. The Morgan fingerprint density at radius 1 is 1.46 bits per heavy atom. The molecule has 0 aromatic carbocycles. The quantitative estimate of drug-likeness (QED) is 0.560. The summed E-state index contributed by atoms with van der Waals surface area (Å²) < 4.78 is 22.9. The van der Waals surface area contributed by atoms with Gasteiger partial charge in [-0.1, -0.05) is 6.92 Å². The standard InChI is InChI=1S/C6H13N3O3S/c1-4-2-9(13(8,11)12)3-5(4)6(7)10/h4-5H,2-3H2,1H3,(H2,7,10)(H2,8,11,12)/t4-,5-/m1/s1. The fourth-order valence-electron chi connectivity index (χ4n) is 1.50. The lowest BCUT2D eigenvalue weighted by atomic mass is 9.98. The van der Waals surface area contributed by atoms with Gasteiger partial charge in [-0.25, -0.2) is 5.14 Å². The first-order chi connectivity index (χ1) is 5.82. The molecule has 7 heteroatoms. The Kier molecular flexibility index (Phi) is 2.60. The number of carbonyl (C=O) groups excluding carboxylic acids is 1. The second-order valence-electron chi connectivity index (χ2n) is 3.35. The van der Waals surface area contributed by atoms with Gasteiger partial charge in [0, 0.05) is 13.1 Å². The summed E-state index contributed by atoms with van der Waals surface area (Å²) in [6.07, 6.45) is 0. The number of rotatable bonds is 2. The molecule has 0 spiro atoms. The molecule has 0 aliphatic carbocycles. The predicted molar refractivity (Wildman–Crippen MR) is 46.5 cm³/mol. The molecule has 0 unspecified atom stereocenters. The van der Waals surface area contributed by atoms with Gasteiger partial charge in [0.05, 0.1) is 5.92 Å². The van der Waals surface area contributed by atoms with Crippen molar-refractivity contribution in [1.29, 1.82) is 0 Å². The molecule has 1 saturated heterocycles. The van der Waals surface area contributed by atoms with Crippen LogP contribution in [0.15, 0.2) is 0 Å². The van der Waals surface area contributed by atoms with Gasteiger partial charge in [-0.2, -0.15) is 12.7 Å². The summed E-state index contributed by atoms with van der Waals surface area (Å²) in [5.41, 5.74) is 5.09. The van der Waals surface area contributed by atoms with Gasteiger partial charge < -0.3 is 5.73 Å². The van der Waals surface area contributed by atoms with Crippen LogP contribution >= 0.6 is 0 Å². The molecule has 0 radical (unpaired) electrons. The highest BCUT2D eigenvalue weighted by Crippen LogP contribution is 2.23. The third kappa shape index (κ3) is 2.17. The van der Waals surface area contributed by atoms with E-state index in [0.29, 0.717) is 0 Å². The lowest BCUT2D eigenvalue weighted by Gasteiger charge is -2.10. The minimum Gasteiger partial charge on any atom is -0.369 e. The second-order valence-corrected chi connectivity index (χ2v) is 4.89. The van der Waals surface area contributed by atoms with E-state index in [0.717, 1.165) is 4.31 Å². The van der Waals surface area contributed by atoms with Crippen LogP contribution in [0, 0.1) is 11.8 Å². The molecule has 6 nitrogen and oxygen atoms in total. The van der Waals surface area contributed by atoms with Crippen LogP contribution in [0.2, 0.25) is 0 Å². The van der Waals surface area contributed by atoms with Gasteiger partial charge in [-0.3, -0.25) is 4.79 Å². The predicted octanol–water partition coefficient (Wildman–Crippen LogP) is -1.76. The second kappa shape index (κ2) is 3.24. The van der Waals surface area contributed by atoms with E-state index in [4.69, 9.17) is 10.9 Å². The van der Waals surface area contributed by atoms with Gasteiger partial charge in [0.2, 0.25) is 5.91 Å². The summed E-state index contributed by atoms with van der Waals surface area (Å²) in [6.45, 7) is 2.16. The maximum Gasteiger partial charge on any atom is 0.276 e. The summed E-state index contributed by atoms with van der Waals surface area (Å²) in [5, 5.41) is 4.91. The van der Waals surface area contributed by atoms with Crippen LogP contribution in [0.4, 0.5) is 0 Å². The number of primary amides is 1. The number of carbonyl (C=O) groups is 1. The average Bonchev–Trinajstić information content (AvgIpc) is 2.29. The Balaban J connectivity index is 2.77. The molecule has 1 fully saturated rings. The van der Waals surface area contributed by atoms with E-state index in [9.17, 15) is 13.2 Å². The molecule has 1 aliphatic rings. The zero-order chi connectivity index (χ0) is 10.2. The van der Waals surface area contributed by atoms with E-state index in [1.807, 2.05) is 0 Å². The zero-order valence-corrected chi connectivity index (χ0v) is 8.12. The van der Waals surface area contributed by atoms with Crippen molar-refractivity contribution in [2.75, 3.05) is 13.1 Å². The van der Waals surface area contributed by atoms with Gasteiger partial charge in [-0.05, 0) is 5.92 Å². The van der Waals surface area contributed by atoms with E-state index in [1.165, 1.54) is 0 Å². The number of nitrogens with two attached hydrogens (primary N) is 2. The Bertz CT molecular complexity index is 313. The maximum absolute atomic E-state index is 10.9. The summed E-state index contributed by atoms with van der Waals surface area (Å²) in [6, 6.07) is 0. The highest BCUT2D eigenvalue weighted by molar-refractivity contribution is 7.86. The first kappa shape index (κ1) is 10.4. The maximum atomic E-state index is 10.9. The molecule has 0 aromatic heterocycles. The van der Waals surface area contributed by atoms with Gasteiger partial charge in [0.15, 0.2) is 0 Å². The zero-order valence-electron chi connectivity index (χ0n) is 7.30. The molecule has 1 rings (SSSR count). The monoisotopic (exact) mass is 207 g/mol. The Hall–Kier alpha value is -0.660. The molecular weight excluding hydrogens is 194 g/mol. The Morgan fingerprint density at radius 3 is 2.23 bits per heavy atom. The van der Waals surface area contributed by atoms with E-state index < -0.39 is 22.0 Å². The Labute approximate surface area is 77.1 Å². The van der Waals surface area contributed by atoms with Crippen LogP contribution in [0.25, 0.3) is 0 Å². The van der Waals surface area contributed by atoms with Crippen molar-refractivity contribution >= 4 is 16.1 Å². The molecule has 1 heterocycles. The molecule has 0 aromatic rings. The lowest BCUT2D eigenvalue weighted by molar-refractivity contribution is -0.122. The molecule has 4 N–H and O–H groups in total. The first-order valence-electron chi connectivity index (χ1n) is 3.89. The molecule has 1 aliphatic heterocycles. The first-order valence-corrected chi connectivity index (χ1v) is 5.40. The highest BCUT2D eigenvalue weighted by atomic mass is 32.2. The molecule has 13 heavy (non-hydrogen) atoms.